The van der Waals surface area contributed by atoms with Crippen LogP contribution in [0.15, 0.2) is 23.1 Å². The lowest BCUT2D eigenvalue weighted by molar-refractivity contribution is -0.0773. The molecule has 2 atom stereocenters. The van der Waals surface area contributed by atoms with Gasteiger partial charge in [0.05, 0.1) is 18.8 Å². The number of likely N-dealkylation sites (tertiary alicyclic amines) is 1. The average molecular weight is 342 g/mol. The van der Waals surface area contributed by atoms with Crippen molar-refractivity contribution in [1.82, 2.24) is 9.21 Å². The topological polar surface area (TPSA) is 49.9 Å². The molecular weight excluding hydrogens is 319 g/mol. The highest BCUT2D eigenvalue weighted by atomic mass is 32.2. The number of benzene rings is 1. The SMILES string of the molecule is CCN1CC[C@H]2[C@H](C1)OCCN2S(=O)(=O)c1c(C)cccc1F. The molecule has 0 unspecified atom stereocenters. The van der Waals surface area contributed by atoms with Gasteiger partial charge in [-0.3, -0.25) is 0 Å². The lowest BCUT2D eigenvalue weighted by Gasteiger charge is -2.45. The summed E-state index contributed by atoms with van der Waals surface area (Å²) >= 11 is 0. The molecule has 0 saturated carbocycles. The molecule has 0 bridgehead atoms. The molecule has 3 rings (SSSR count). The largest absolute Gasteiger partial charge is 0.374 e. The number of morpholine rings is 1. The minimum Gasteiger partial charge on any atom is -0.374 e. The molecule has 2 fully saturated rings. The minimum absolute atomic E-state index is 0.140. The summed E-state index contributed by atoms with van der Waals surface area (Å²) in [4.78, 5) is 2.06. The van der Waals surface area contributed by atoms with Gasteiger partial charge < -0.3 is 9.64 Å². The van der Waals surface area contributed by atoms with Crippen LogP contribution >= 0.6 is 0 Å². The zero-order valence-corrected chi connectivity index (χ0v) is 14.4. The number of hydrogen-bond donors (Lipinski definition) is 0. The van der Waals surface area contributed by atoms with E-state index in [1.807, 2.05) is 0 Å². The number of sulfonamides is 1. The fraction of sp³-hybridized carbons (Fsp3) is 0.625. The van der Waals surface area contributed by atoms with E-state index < -0.39 is 15.8 Å². The van der Waals surface area contributed by atoms with E-state index in [0.717, 1.165) is 19.6 Å². The first-order valence-electron chi connectivity index (χ1n) is 8.06. The van der Waals surface area contributed by atoms with E-state index in [4.69, 9.17) is 4.74 Å². The van der Waals surface area contributed by atoms with Crippen molar-refractivity contribution < 1.29 is 17.5 Å². The van der Waals surface area contributed by atoms with Crippen LogP contribution in [0.5, 0.6) is 0 Å². The Balaban J connectivity index is 1.94. The first-order chi connectivity index (χ1) is 10.9. The number of piperidine rings is 1. The quantitative estimate of drug-likeness (QED) is 0.838. The number of fused-ring (bicyclic) bond motifs is 1. The van der Waals surface area contributed by atoms with Crippen molar-refractivity contribution in [2.45, 2.75) is 37.3 Å². The van der Waals surface area contributed by atoms with Crippen molar-refractivity contribution in [3.8, 4) is 0 Å². The zero-order valence-electron chi connectivity index (χ0n) is 13.5. The number of nitrogens with zero attached hydrogens (tertiary/aromatic N) is 2. The highest BCUT2D eigenvalue weighted by Crippen LogP contribution is 2.31. The summed E-state index contributed by atoms with van der Waals surface area (Å²) in [6.45, 7) is 6.83. The third kappa shape index (κ3) is 3.03. The van der Waals surface area contributed by atoms with Crippen LogP contribution in [0.1, 0.15) is 18.9 Å². The highest BCUT2D eigenvalue weighted by molar-refractivity contribution is 7.89. The van der Waals surface area contributed by atoms with E-state index in [1.165, 1.54) is 16.4 Å². The second-order valence-corrected chi connectivity index (χ2v) is 7.99. The molecule has 0 spiro atoms. The molecule has 23 heavy (non-hydrogen) atoms. The van der Waals surface area contributed by atoms with Crippen molar-refractivity contribution in [1.29, 1.82) is 0 Å². The van der Waals surface area contributed by atoms with Crippen LogP contribution in [0, 0.1) is 12.7 Å². The maximum atomic E-state index is 14.2. The predicted molar refractivity (Wildman–Crippen MR) is 85.3 cm³/mol. The summed E-state index contributed by atoms with van der Waals surface area (Å²) in [5, 5.41) is 0. The van der Waals surface area contributed by atoms with E-state index in [9.17, 15) is 12.8 Å². The van der Waals surface area contributed by atoms with Crippen LogP contribution in [-0.2, 0) is 14.8 Å². The summed E-state index contributed by atoms with van der Waals surface area (Å²) < 4.78 is 47.6. The number of halogens is 1. The van der Waals surface area contributed by atoms with Gasteiger partial charge in [0.15, 0.2) is 0 Å². The van der Waals surface area contributed by atoms with Crippen molar-refractivity contribution in [2.75, 3.05) is 32.8 Å². The van der Waals surface area contributed by atoms with Gasteiger partial charge in [-0.05, 0) is 38.1 Å². The Labute approximate surface area is 137 Å². The molecule has 2 saturated heterocycles. The summed E-state index contributed by atoms with van der Waals surface area (Å²) in [5.74, 6) is -0.681. The number of rotatable bonds is 3. The maximum Gasteiger partial charge on any atom is 0.246 e. The molecule has 1 aromatic rings. The van der Waals surface area contributed by atoms with Gasteiger partial charge in [-0.25, -0.2) is 12.8 Å². The van der Waals surface area contributed by atoms with Crippen molar-refractivity contribution in [3.05, 3.63) is 29.6 Å². The Morgan fingerprint density at radius 2 is 2.13 bits per heavy atom. The first-order valence-corrected chi connectivity index (χ1v) is 9.50. The second kappa shape index (κ2) is 6.47. The Kier molecular flexibility index (Phi) is 4.73. The van der Waals surface area contributed by atoms with Gasteiger partial charge in [-0.1, -0.05) is 19.1 Å². The van der Waals surface area contributed by atoms with E-state index in [1.54, 1.807) is 13.0 Å². The normalized spacial score (nSPS) is 26.9. The summed E-state index contributed by atoms with van der Waals surface area (Å²) in [6.07, 6.45) is 0.574. The molecule has 2 heterocycles. The van der Waals surface area contributed by atoms with E-state index in [0.29, 0.717) is 18.6 Å². The predicted octanol–water partition coefficient (Wildman–Crippen LogP) is 1.62. The Hall–Kier alpha value is -1.02. The Bertz CT molecular complexity index is 660. The van der Waals surface area contributed by atoms with Crippen LogP contribution in [0.3, 0.4) is 0 Å². The molecule has 2 aliphatic heterocycles. The van der Waals surface area contributed by atoms with Crippen molar-refractivity contribution >= 4 is 10.0 Å². The Morgan fingerprint density at radius 3 is 2.83 bits per heavy atom. The number of likely N-dealkylation sites (N-methyl/N-ethyl adjacent to an activating group) is 1. The molecular formula is C16H23FN2O3S. The van der Waals surface area contributed by atoms with E-state index in [2.05, 4.69) is 11.8 Å². The summed E-state index contributed by atoms with van der Waals surface area (Å²) in [5.41, 5.74) is 0.444. The van der Waals surface area contributed by atoms with Gasteiger partial charge >= 0.3 is 0 Å². The third-order valence-corrected chi connectivity index (χ3v) is 6.90. The molecule has 0 N–H and O–H groups in total. The molecule has 5 nitrogen and oxygen atoms in total. The van der Waals surface area contributed by atoms with Crippen LogP contribution in [-0.4, -0.2) is 62.6 Å². The molecule has 0 aromatic heterocycles. The molecule has 2 aliphatic rings. The zero-order chi connectivity index (χ0) is 16.6. The fourth-order valence-electron chi connectivity index (χ4n) is 3.57. The van der Waals surface area contributed by atoms with Crippen LogP contribution in [0.25, 0.3) is 0 Å². The number of hydrogen-bond acceptors (Lipinski definition) is 4. The van der Waals surface area contributed by atoms with E-state index >= 15 is 0 Å². The number of ether oxygens (including phenoxy) is 1. The lowest BCUT2D eigenvalue weighted by atomic mass is 10.0. The van der Waals surface area contributed by atoms with Gasteiger partial charge in [-0.2, -0.15) is 4.31 Å². The van der Waals surface area contributed by atoms with Gasteiger partial charge in [-0.15, -0.1) is 0 Å². The second-order valence-electron chi connectivity index (χ2n) is 6.16. The van der Waals surface area contributed by atoms with Crippen LogP contribution in [0.2, 0.25) is 0 Å². The number of aryl methyl sites for hydroxylation is 1. The highest BCUT2D eigenvalue weighted by Gasteiger charge is 2.43. The standard InChI is InChI=1S/C16H23FN2O3S/c1-3-18-8-7-14-15(11-18)22-10-9-19(14)23(20,21)16-12(2)5-4-6-13(16)17/h4-6,14-15H,3,7-11H2,1-2H3/t14-,15-/m0/s1. The van der Waals surface area contributed by atoms with Gasteiger partial charge in [0.25, 0.3) is 0 Å². The smallest absolute Gasteiger partial charge is 0.246 e. The molecule has 7 heteroatoms. The van der Waals surface area contributed by atoms with Crippen LogP contribution < -0.4 is 0 Å². The Morgan fingerprint density at radius 1 is 1.35 bits per heavy atom. The molecule has 128 valence electrons. The minimum atomic E-state index is -3.86. The van der Waals surface area contributed by atoms with E-state index in [-0.39, 0.29) is 23.6 Å². The first kappa shape index (κ1) is 16.8. The van der Waals surface area contributed by atoms with Gasteiger partial charge in [0, 0.05) is 13.1 Å². The lowest BCUT2D eigenvalue weighted by Crippen LogP contribution is -2.60. The molecule has 1 aromatic carbocycles. The molecule has 0 amide bonds. The summed E-state index contributed by atoms with van der Waals surface area (Å²) in [6, 6.07) is 4.16. The average Bonchev–Trinajstić information content (AvgIpc) is 2.53. The van der Waals surface area contributed by atoms with Gasteiger partial charge in [0.2, 0.25) is 10.0 Å². The third-order valence-electron chi connectivity index (χ3n) is 4.80. The molecule has 0 radical (unpaired) electrons. The van der Waals surface area contributed by atoms with Crippen molar-refractivity contribution in [2.24, 2.45) is 0 Å². The monoisotopic (exact) mass is 342 g/mol. The van der Waals surface area contributed by atoms with Gasteiger partial charge in [0.1, 0.15) is 10.7 Å². The molecule has 0 aliphatic carbocycles. The summed E-state index contributed by atoms with van der Waals surface area (Å²) in [7, 11) is -3.86. The maximum absolute atomic E-state index is 14.2. The fourth-order valence-corrected chi connectivity index (χ4v) is 5.50. The van der Waals surface area contributed by atoms with Crippen molar-refractivity contribution in [3.63, 3.8) is 0 Å². The van der Waals surface area contributed by atoms with Crippen LogP contribution in [0.4, 0.5) is 4.39 Å².